The normalized spacial score (nSPS) is 17.4. The van der Waals surface area contributed by atoms with Crippen molar-refractivity contribution in [2.75, 3.05) is 20.2 Å². The summed E-state index contributed by atoms with van der Waals surface area (Å²) in [5.41, 5.74) is 0. The summed E-state index contributed by atoms with van der Waals surface area (Å²) in [4.78, 5) is 0. The highest BCUT2D eigenvalue weighted by molar-refractivity contribution is 7.79. The van der Waals surface area contributed by atoms with E-state index < -0.39 is 31.0 Å². The molecule has 0 aromatic rings. The molecule has 0 radical (unpaired) electrons. The molecule has 0 saturated heterocycles. The first-order valence-electron chi connectivity index (χ1n) is 5.39. The van der Waals surface area contributed by atoms with Gasteiger partial charge in [0.2, 0.25) is 0 Å². The van der Waals surface area contributed by atoms with E-state index in [1.165, 1.54) is 6.42 Å². The molecule has 0 amide bonds. The quantitative estimate of drug-likeness (QED) is 0.297. The Bertz CT molecular complexity index is 182. The Hall–Kier alpha value is -0.150. The minimum atomic E-state index is -1.61. The summed E-state index contributed by atoms with van der Waals surface area (Å²) in [6.07, 6.45) is -4.83. The van der Waals surface area contributed by atoms with Crippen LogP contribution < -0.4 is 5.32 Å². The molecule has 0 aliphatic heterocycles. The fourth-order valence-electron chi connectivity index (χ4n) is 0.868. The number of thiocarbonyl (C=S) groups is 1. The highest BCUT2D eigenvalue weighted by Crippen LogP contribution is 2.03. The van der Waals surface area contributed by atoms with Crippen molar-refractivity contribution in [3.63, 3.8) is 0 Å². The lowest BCUT2D eigenvalue weighted by Crippen LogP contribution is -2.46. The van der Waals surface area contributed by atoms with Gasteiger partial charge in [-0.1, -0.05) is 19.1 Å². The molecule has 0 aliphatic rings. The number of aliphatic hydroxyl groups excluding tert-OH is 5. The van der Waals surface area contributed by atoms with Crippen molar-refractivity contribution in [3.8, 4) is 0 Å². The maximum Gasteiger partial charge on any atom is 0.113 e. The SMILES string of the molecule is CCCNC.OCC(O)C(O)C(O)C(O)C=S. The lowest BCUT2D eigenvalue weighted by atomic mass is 10.0. The van der Waals surface area contributed by atoms with Crippen molar-refractivity contribution in [2.45, 2.75) is 37.8 Å². The standard InChI is InChI=1S/C6H12O5S.C4H11N/c7-1-3(8)5(10)6(11)4(9)2-12;1-3-4-5-2/h2-11H,1H2;5H,3-4H2,1-2H3. The highest BCUT2D eigenvalue weighted by atomic mass is 32.1. The van der Waals surface area contributed by atoms with Gasteiger partial charge in [-0.3, -0.25) is 0 Å². The lowest BCUT2D eigenvalue weighted by molar-refractivity contribution is -0.0996. The van der Waals surface area contributed by atoms with E-state index in [2.05, 4.69) is 24.5 Å². The maximum absolute atomic E-state index is 9.02. The molecule has 4 atom stereocenters. The van der Waals surface area contributed by atoms with E-state index in [0.717, 1.165) is 11.9 Å². The van der Waals surface area contributed by atoms with Crippen LogP contribution in [0.15, 0.2) is 0 Å². The van der Waals surface area contributed by atoms with Gasteiger partial charge in [-0.2, -0.15) is 0 Å². The Kier molecular flexibility index (Phi) is 13.9. The molecule has 0 fully saturated rings. The first-order valence-corrected chi connectivity index (χ1v) is 5.86. The van der Waals surface area contributed by atoms with Crippen LogP contribution in [-0.4, -0.2) is 75.5 Å². The summed E-state index contributed by atoms with van der Waals surface area (Å²) in [7, 11) is 1.96. The van der Waals surface area contributed by atoms with E-state index in [1.807, 2.05) is 7.05 Å². The smallest absolute Gasteiger partial charge is 0.113 e. The van der Waals surface area contributed by atoms with Crippen LogP contribution in [0, 0.1) is 0 Å². The molecule has 0 aromatic heterocycles. The summed E-state index contributed by atoms with van der Waals surface area (Å²) in [5, 5.41) is 48.0. The van der Waals surface area contributed by atoms with Gasteiger partial charge in [-0.05, 0) is 20.0 Å². The van der Waals surface area contributed by atoms with E-state index in [9.17, 15) is 0 Å². The van der Waals surface area contributed by atoms with Crippen molar-refractivity contribution in [1.29, 1.82) is 0 Å². The summed E-state index contributed by atoms with van der Waals surface area (Å²) >= 11 is 4.30. The summed E-state index contributed by atoms with van der Waals surface area (Å²) in [6, 6.07) is 0. The van der Waals surface area contributed by atoms with E-state index in [1.54, 1.807) is 0 Å². The van der Waals surface area contributed by atoms with Crippen molar-refractivity contribution < 1.29 is 25.5 Å². The first kappa shape index (κ1) is 19.2. The van der Waals surface area contributed by atoms with Gasteiger partial charge < -0.3 is 30.8 Å². The molecule has 7 heteroatoms. The van der Waals surface area contributed by atoms with Gasteiger partial charge in [0.05, 0.1) is 6.61 Å². The third kappa shape index (κ3) is 9.54. The molecule has 17 heavy (non-hydrogen) atoms. The largest absolute Gasteiger partial charge is 0.394 e. The fraction of sp³-hybridized carbons (Fsp3) is 0.900. The molecule has 104 valence electrons. The first-order chi connectivity index (χ1) is 7.95. The monoisotopic (exact) mass is 269 g/mol. The van der Waals surface area contributed by atoms with Crippen LogP contribution in [0.1, 0.15) is 13.3 Å². The molecule has 0 heterocycles. The predicted molar refractivity (Wildman–Crippen MR) is 69.0 cm³/mol. The second kappa shape index (κ2) is 12.3. The molecule has 0 aliphatic carbocycles. The topological polar surface area (TPSA) is 113 Å². The van der Waals surface area contributed by atoms with Crippen molar-refractivity contribution in [2.24, 2.45) is 0 Å². The molecular weight excluding hydrogens is 246 g/mol. The zero-order valence-electron chi connectivity index (χ0n) is 10.2. The third-order valence-corrected chi connectivity index (χ3v) is 2.20. The van der Waals surface area contributed by atoms with Gasteiger partial charge in [0.15, 0.2) is 0 Å². The van der Waals surface area contributed by atoms with Crippen LogP contribution in [0.25, 0.3) is 0 Å². The number of hydrogen-bond donors (Lipinski definition) is 6. The summed E-state index contributed by atoms with van der Waals surface area (Å²) < 4.78 is 0. The number of nitrogens with one attached hydrogen (secondary N) is 1. The predicted octanol–water partition coefficient (Wildman–Crippen LogP) is -1.96. The van der Waals surface area contributed by atoms with Crippen molar-refractivity contribution in [1.82, 2.24) is 5.32 Å². The highest BCUT2D eigenvalue weighted by Gasteiger charge is 2.28. The van der Waals surface area contributed by atoms with Gasteiger partial charge in [-0.25, -0.2) is 0 Å². The Morgan fingerprint density at radius 1 is 1.18 bits per heavy atom. The van der Waals surface area contributed by atoms with Gasteiger partial charge in [0.25, 0.3) is 0 Å². The van der Waals surface area contributed by atoms with E-state index in [0.29, 0.717) is 0 Å². The summed E-state index contributed by atoms with van der Waals surface area (Å²) in [5.74, 6) is 0. The Morgan fingerprint density at radius 3 is 1.94 bits per heavy atom. The fourth-order valence-corrected chi connectivity index (χ4v) is 1.03. The van der Waals surface area contributed by atoms with E-state index in [4.69, 9.17) is 25.5 Å². The zero-order chi connectivity index (χ0) is 13.8. The van der Waals surface area contributed by atoms with Crippen molar-refractivity contribution >= 4 is 17.6 Å². The summed E-state index contributed by atoms with van der Waals surface area (Å²) in [6.45, 7) is 2.60. The Balaban J connectivity index is 0. The zero-order valence-corrected chi connectivity index (χ0v) is 11.0. The van der Waals surface area contributed by atoms with E-state index >= 15 is 0 Å². The Morgan fingerprint density at radius 2 is 1.71 bits per heavy atom. The molecule has 6 N–H and O–H groups in total. The molecule has 4 unspecified atom stereocenters. The molecule has 0 aromatic carbocycles. The minimum absolute atomic E-state index is 0.692. The van der Waals surface area contributed by atoms with Gasteiger partial charge >= 0.3 is 0 Å². The molecule has 0 rings (SSSR count). The Labute approximate surface area is 107 Å². The second-order valence-electron chi connectivity index (χ2n) is 3.46. The van der Waals surface area contributed by atoms with Gasteiger partial charge in [0.1, 0.15) is 24.4 Å². The van der Waals surface area contributed by atoms with Crippen LogP contribution in [0.4, 0.5) is 0 Å². The molecular formula is C10H23NO5S. The molecule has 0 spiro atoms. The van der Waals surface area contributed by atoms with Crippen LogP contribution in [-0.2, 0) is 0 Å². The lowest BCUT2D eigenvalue weighted by Gasteiger charge is -2.23. The molecule has 0 saturated carbocycles. The van der Waals surface area contributed by atoms with Crippen LogP contribution in [0.5, 0.6) is 0 Å². The second-order valence-corrected chi connectivity index (χ2v) is 3.73. The number of aliphatic hydroxyl groups is 5. The van der Waals surface area contributed by atoms with Gasteiger partial charge in [0, 0.05) is 5.37 Å². The van der Waals surface area contributed by atoms with Crippen LogP contribution in [0.2, 0.25) is 0 Å². The maximum atomic E-state index is 9.02. The minimum Gasteiger partial charge on any atom is -0.394 e. The van der Waals surface area contributed by atoms with Crippen molar-refractivity contribution in [3.05, 3.63) is 0 Å². The molecule has 6 nitrogen and oxygen atoms in total. The van der Waals surface area contributed by atoms with Crippen LogP contribution in [0.3, 0.4) is 0 Å². The average molecular weight is 269 g/mol. The number of hydrogen-bond acceptors (Lipinski definition) is 7. The molecule has 0 bridgehead atoms. The third-order valence-electron chi connectivity index (χ3n) is 1.92. The number of rotatable bonds is 7. The average Bonchev–Trinajstić information content (AvgIpc) is 2.36. The van der Waals surface area contributed by atoms with Crippen LogP contribution >= 0.6 is 12.2 Å². The van der Waals surface area contributed by atoms with E-state index in [-0.39, 0.29) is 0 Å². The van der Waals surface area contributed by atoms with Gasteiger partial charge in [-0.15, -0.1) is 0 Å².